The van der Waals surface area contributed by atoms with Gasteiger partial charge >= 0.3 is 6.09 Å². The molecular weight excluding hydrogens is 285 g/mol. The summed E-state index contributed by atoms with van der Waals surface area (Å²) < 4.78 is 19.4. The molecule has 0 atom stereocenters. The number of halogens is 1. The topological polar surface area (TPSA) is 46.6 Å². The lowest BCUT2D eigenvalue weighted by atomic mass is 9.86. The van der Waals surface area contributed by atoms with E-state index in [1.165, 1.54) is 6.07 Å². The van der Waals surface area contributed by atoms with Crippen LogP contribution in [0.2, 0.25) is 0 Å². The van der Waals surface area contributed by atoms with Crippen LogP contribution < -0.4 is 0 Å². The third kappa shape index (κ3) is 3.84. The summed E-state index contributed by atoms with van der Waals surface area (Å²) in [7, 11) is 0. The molecule has 0 aromatic heterocycles. The van der Waals surface area contributed by atoms with Crippen LogP contribution in [0.4, 0.5) is 9.18 Å². The molecule has 1 aromatic carbocycles. The summed E-state index contributed by atoms with van der Waals surface area (Å²) in [5.74, 6) is -0.389. The first kappa shape index (κ1) is 16.5. The molecule has 120 valence electrons. The third-order valence-corrected chi connectivity index (χ3v) is 3.77. The van der Waals surface area contributed by atoms with Crippen molar-refractivity contribution in [1.29, 1.82) is 0 Å². The first-order chi connectivity index (χ1) is 10.3. The first-order valence-electron chi connectivity index (χ1n) is 7.53. The average molecular weight is 307 g/mol. The molecule has 1 saturated heterocycles. The molecule has 4 nitrogen and oxygen atoms in total. The maximum Gasteiger partial charge on any atom is 0.410 e. The van der Waals surface area contributed by atoms with E-state index in [1.807, 2.05) is 20.8 Å². The molecule has 1 aromatic rings. The molecule has 1 aliphatic heterocycles. The Balaban J connectivity index is 2.04. The molecule has 1 amide bonds. The molecular formula is C17H22FNO3. The van der Waals surface area contributed by atoms with Crippen LogP contribution in [0.15, 0.2) is 18.2 Å². The van der Waals surface area contributed by atoms with Crippen LogP contribution in [0.5, 0.6) is 0 Å². The second-order valence-corrected chi connectivity index (χ2v) is 6.60. The van der Waals surface area contributed by atoms with Gasteiger partial charge in [0.05, 0.1) is 0 Å². The van der Waals surface area contributed by atoms with Crippen LogP contribution in [0.1, 0.15) is 55.5 Å². The van der Waals surface area contributed by atoms with Gasteiger partial charge in [0.15, 0.2) is 0 Å². The number of nitrogens with zero attached hydrogens (tertiary/aromatic N) is 1. The normalized spacial score (nSPS) is 16.5. The molecule has 2 rings (SSSR count). The van der Waals surface area contributed by atoms with Crippen LogP contribution in [0.25, 0.3) is 0 Å². The molecule has 1 fully saturated rings. The van der Waals surface area contributed by atoms with Crippen molar-refractivity contribution in [2.45, 2.75) is 45.1 Å². The Kier molecular flexibility index (Phi) is 4.84. The van der Waals surface area contributed by atoms with Crippen LogP contribution in [-0.2, 0) is 4.74 Å². The average Bonchev–Trinajstić information content (AvgIpc) is 2.45. The molecule has 0 saturated carbocycles. The van der Waals surface area contributed by atoms with E-state index < -0.39 is 5.60 Å². The second kappa shape index (κ2) is 6.46. The molecule has 5 heteroatoms. The lowest BCUT2D eigenvalue weighted by Crippen LogP contribution is -2.41. The summed E-state index contributed by atoms with van der Waals surface area (Å²) in [6.45, 7) is 6.49. The van der Waals surface area contributed by atoms with Gasteiger partial charge in [0.1, 0.15) is 17.7 Å². The van der Waals surface area contributed by atoms with E-state index >= 15 is 0 Å². The summed E-state index contributed by atoms with van der Waals surface area (Å²) in [6.07, 6.45) is 1.61. The predicted molar refractivity (Wildman–Crippen MR) is 81.6 cm³/mol. The Morgan fingerprint density at radius 1 is 1.32 bits per heavy atom. The summed E-state index contributed by atoms with van der Waals surface area (Å²) in [6, 6.07) is 4.55. The minimum atomic E-state index is -0.524. The monoisotopic (exact) mass is 307 g/mol. The molecule has 0 N–H and O–H groups in total. The van der Waals surface area contributed by atoms with E-state index in [0.717, 1.165) is 0 Å². The number of carbonyl (C=O) groups is 2. The lowest BCUT2D eigenvalue weighted by Gasteiger charge is -2.34. The zero-order chi connectivity index (χ0) is 16.3. The van der Waals surface area contributed by atoms with Crippen molar-refractivity contribution in [3.63, 3.8) is 0 Å². The van der Waals surface area contributed by atoms with Gasteiger partial charge in [0, 0.05) is 24.2 Å². The van der Waals surface area contributed by atoms with Crippen molar-refractivity contribution < 1.29 is 18.7 Å². The molecule has 1 heterocycles. The number of amides is 1. The SMILES string of the molecule is CC(C)(C)OC(=O)N1CCC(c2c(F)cccc2C=O)CC1. The molecule has 0 aliphatic carbocycles. The van der Waals surface area contributed by atoms with Gasteiger partial charge in [-0.3, -0.25) is 4.79 Å². The Hall–Kier alpha value is -1.91. The fraction of sp³-hybridized carbons (Fsp3) is 0.529. The van der Waals surface area contributed by atoms with Crippen LogP contribution in [0.3, 0.4) is 0 Å². The van der Waals surface area contributed by atoms with E-state index in [4.69, 9.17) is 4.74 Å². The predicted octanol–water partition coefficient (Wildman–Crippen LogP) is 3.75. The summed E-state index contributed by atoms with van der Waals surface area (Å²) in [5.41, 5.74) is 0.349. The standard InChI is InChI=1S/C17H22FNO3/c1-17(2,3)22-16(21)19-9-7-12(8-10-19)15-13(11-20)5-4-6-14(15)18/h4-6,11-12H,7-10H2,1-3H3. The van der Waals surface area contributed by atoms with E-state index in [9.17, 15) is 14.0 Å². The van der Waals surface area contributed by atoms with Gasteiger partial charge in [-0.15, -0.1) is 0 Å². The fourth-order valence-corrected chi connectivity index (χ4v) is 2.76. The number of piperidine rings is 1. The first-order valence-corrected chi connectivity index (χ1v) is 7.53. The largest absolute Gasteiger partial charge is 0.444 e. The highest BCUT2D eigenvalue weighted by atomic mass is 19.1. The third-order valence-electron chi connectivity index (χ3n) is 3.77. The lowest BCUT2D eigenvalue weighted by molar-refractivity contribution is 0.0204. The molecule has 1 aliphatic rings. The van der Waals surface area contributed by atoms with Gasteiger partial charge in [-0.05, 0) is 45.6 Å². The van der Waals surface area contributed by atoms with Crippen molar-refractivity contribution >= 4 is 12.4 Å². The Morgan fingerprint density at radius 2 is 1.95 bits per heavy atom. The number of benzene rings is 1. The van der Waals surface area contributed by atoms with Gasteiger partial charge in [0.25, 0.3) is 0 Å². The Labute approximate surface area is 130 Å². The quantitative estimate of drug-likeness (QED) is 0.782. The van der Waals surface area contributed by atoms with E-state index in [1.54, 1.807) is 17.0 Å². The minimum absolute atomic E-state index is 0.0416. The van der Waals surface area contributed by atoms with Gasteiger partial charge in [0.2, 0.25) is 0 Å². The highest BCUT2D eigenvalue weighted by Gasteiger charge is 2.29. The second-order valence-electron chi connectivity index (χ2n) is 6.60. The van der Waals surface area contributed by atoms with Gasteiger partial charge in [-0.1, -0.05) is 12.1 Å². The number of rotatable bonds is 2. The van der Waals surface area contributed by atoms with Crippen LogP contribution in [-0.4, -0.2) is 36.0 Å². The van der Waals surface area contributed by atoms with Crippen LogP contribution in [0, 0.1) is 5.82 Å². The summed E-state index contributed by atoms with van der Waals surface area (Å²) >= 11 is 0. The maximum atomic E-state index is 14.0. The van der Waals surface area contributed by atoms with Crippen molar-refractivity contribution in [1.82, 2.24) is 4.90 Å². The van der Waals surface area contributed by atoms with Crippen molar-refractivity contribution in [3.05, 3.63) is 35.1 Å². The Bertz CT molecular complexity index is 558. The molecule has 22 heavy (non-hydrogen) atoms. The number of likely N-dealkylation sites (tertiary alicyclic amines) is 1. The Morgan fingerprint density at radius 3 is 2.50 bits per heavy atom. The molecule has 0 unspecified atom stereocenters. The fourth-order valence-electron chi connectivity index (χ4n) is 2.76. The molecule has 0 bridgehead atoms. The molecule has 0 spiro atoms. The molecule has 0 radical (unpaired) electrons. The number of hydrogen-bond acceptors (Lipinski definition) is 3. The number of ether oxygens (including phenoxy) is 1. The van der Waals surface area contributed by atoms with E-state index in [0.29, 0.717) is 43.3 Å². The van der Waals surface area contributed by atoms with Gasteiger partial charge < -0.3 is 9.64 Å². The minimum Gasteiger partial charge on any atom is -0.444 e. The van der Waals surface area contributed by atoms with Gasteiger partial charge in [-0.2, -0.15) is 0 Å². The number of carbonyl (C=O) groups excluding carboxylic acids is 2. The van der Waals surface area contributed by atoms with E-state index in [2.05, 4.69) is 0 Å². The maximum absolute atomic E-state index is 14.0. The summed E-state index contributed by atoms with van der Waals surface area (Å²) in [5, 5.41) is 0. The van der Waals surface area contributed by atoms with Crippen LogP contribution >= 0.6 is 0 Å². The van der Waals surface area contributed by atoms with Crippen molar-refractivity contribution in [2.24, 2.45) is 0 Å². The zero-order valence-electron chi connectivity index (χ0n) is 13.3. The zero-order valence-corrected chi connectivity index (χ0v) is 13.3. The van der Waals surface area contributed by atoms with Crippen molar-refractivity contribution in [3.8, 4) is 0 Å². The highest BCUT2D eigenvalue weighted by Crippen LogP contribution is 2.32. The van der Waals surface area contributed by atoms with Gasteiger partial charge in [-0.25, -0.2) is 9.18 Å². The number of aldehydes is 1. The van der Waals surface area contributed by atoms with Crippen molar-refractivity contribution in [2.75, 3.05) is 13.1 Å². The number of hydrogen-bond donors (Lipinski definition) is 0. The highest BCUT2D eigenvalue weighted by molar-refractivity contribution is 5.77. The summed E-state index contributed by atoms with van der Waals surface area (Å²) in [4.78, 5) is 24.8. The van der Waals surface area contributed by atoms with E-state index in [-0.39, 0.29) is 17.8 Å². The smallest absolute Gasteiger partial charge is 0.410 e.